The van der Waals surface area contributed by atoms with E-state index in [2.05, 4.69) is 15.0 Å². The van der Waals surface area contributed by atoms with Crippen molar-refractivity contribution >= 4 is 23.4 Å². The van der Waals surface area contributed by atoms with E-state index in [0.717, 1.165) is 0 Å². The smallest absolute Gasteiger partial charge is 0.362 e. The van der Waals surface area contributed by atoms with E-state index in [-0.39, 0.29) is 5.70 Å². The molecule has 7 heteroatoms. The second-order valence-corrected chi connectivity index (χ2v) is 2.86. The van der Waals surface area contributed by atoms with Gasteiger partial charge in [0, 0.05) is 11.1 Å². The van der Waals surface area contributed by atoms with Crippen LogP contribution in [0.2, 0.25) is 0 Å². The van der Waals surface area contributed by atoms with E-state index >= 15 is 0 Å². The fraction of sp³-hybridized carbons (Fsp3) is 0. The van der Waals surface area contributed by atoms with Crippen LogP contribution in [0.4, 0.5) is 0 Å². The number of hydrogen-bond acceptors (Lipinski definition) is 5. The van der Waals surface area contributed by atoms with Crippen LogP contribution < -0.4 is 4.91 Å². The summed E-state index contributed by atoms with van der Waals surface area (Å²) >= 11 is 1.28. The lowest BCUT2D eigenvalue weighted by Gasteiger charge is -1.83. The maximum Gasteiger partial charge on any atom is 0.362 e. The third kappa shape index (κ3) is 2.58. The number of carboxylic acids is 1. The molecule has 1 heterocycles. The van der Waals surface area contributed by atoms with Gasteiger partial charge in [0.15, 0.2) is 5.11 Å². The zero-order valence-corrected chi connectivity index (χ0v) is 7.15. The average molecular weight is 197 g/mol. The van der Waals surface area contributed by atoms with E-state index in [4.69, 9.17) is 10.6 Å². The van der Waals surface area contributed by atoms with Crippen molar-refractivity contribution in [2.75, 3.05) is 0 Å². The van der Waals surface area contributed by atoms with Gasteiger partial charge in [0.1, 0.15) is 5.53 Å². The summed E-state index contributed by atoms with van der Waals surface area (Å²) in [6.07, 6.45) is 2.81. The Labute approximate surface area is 76.8 Å². The van der Waals surface area contributed by atoms with Gasteiger partial charge in [-0.25, -0.2) is 4.79 Å². The van der Waals surface area contributed by atoms with Gasteiger partial charge in [-0.15, -0.1) is 11.3 Å². The second-order valence-electron chi connectivity index (χ2n) is 1.94. The highest BCUT2D eigenvalue weighted by Crippen LogP contribution is 2.11. The fourth-order valence-corrected chi connectivity index (χ4v) is 1.16. The zero-order valence-electron chi connectivity index (χ0n) is 6.34. The second kappa shape index (κ2) is 4.24. The third-order valence-corrected chi connectivity index (χ3v) is 1.83. The molecule has 0 atom stereocenters. The Morgan fingerprint density at radius 1 is 1.85 bits per heavy atom. The number of rotatable bonds is 3. The Bertz CT molecular complexity index is 373. The molecule has 0 unspecified atom stereocenters. The minimum atomic E-state index is -1.22. The number of hydrogen-bond donors (Lipinski definition) is 2. The molecule has 0 bridgehead atoms. The van der Waals surface area contributed by atoms with Crippen molar-refractivity contribution in [2.24, 2.45) is 5.11 Å². The monoisotopic (exact) mass is 197 g/mol. The zero-order chi connectivity index (χ0) is 9.68. The lowest BCUT2D eigenvalue weighted by Crippen LogP contribution is -1.97. The topological polar surface area (TPSA) is 101 Å². The summed E-state index contributed by atoms with van der Waals surface area (Å²) in [6, 6.07) is 0. The van der Waals surface area contributed by atoms with Crippen molar-refractivity contribution in [3.63, 3.8) is 0 Å². The molecule has 0 fully saturated rings. The summed E-state index contributed by atoms with van der Waals surface area (Å²) in [7, 11) is 0. The third-order valence-electron chi connectivity index (χ3n) is 1.11. The van der Waals surface area contributed by atoms with Gasteiger partial charge in [-0.2, -0.15) is 0 Å². The van der Waals surface area contributed by atoms with Gasteiger partial charge in [0.2, 0.25) is 10.6 Å². The van der Waals surface area contributed by atoms with Gasteiger partial charge in [-0.05, 0) is 6.08 Å². The van der Waals surface area contributed by atoms with Gasteiger partial charge < -0.3 is 5.11 Å². The van der Waals surface area contributed by atoms with Gasteiger partial charge in [-0.1, -0.05) is 0 Å². The molecule has 2 N–H and O–H groups in total. The van der Waals surface area contributed by atoms with E-state index in [1.54, 1.807) is 5.51 Å². The maximum absolute atomic E-state index is 10.5. The van der Waals surface area contributed by atoms with Crippen molar-refractivity contribution in [1.29, 1.82) is 5.53 Å². The van der Waals surface area contributed by atoms with Crippen molar-refractivity contribution in [2.45, 2.75) is 0 Å². The molecule has 0 aliphatic heterocycles. The number of nitrogens with one attached hydrogen (secondary N) is 1. The molecule has 0 radical (unpaired) electrons. The Kier molecular flexibility index (Phi) is 3.02. The molecule has 0 aromatic carbocycles. The molecule has 0 spiro atoms. The summed E-state index contributed by atoms with van der Waals surface area (Å²) < 4.78 is 0. The lowest BCUT2D eigenvalue weighted by molar-refractivity contribution is -0.132. The summed E-state index contributed by atoms with van der Waals surface area (Å²) in [5.74, 6) is -1.22. The van der Waals surface area contributed by atoms with E-state index in [1.807, 2.05) is 0 Å². The summed E-state index contributed by atoms with van der Waals surface area (Å²) in [5, 5.41) is 11.7. The molecular formula is C6H5N4O2S+. The highest BCUT2D eigenvalue weighted by Gasteiger charge is 2.11. The van der Waals surface area contributed by atoms with E-state index < -0.39 is 5.97 Å². The molecule has 0 amide bonds. The quantitative estimate of drug-likeness (QED) is 0.431. The molecule has 0 aliphatic carbocycles. The predicted octanol–water partition coefficient (Wildman–Crippen LogP) is 1.12. The van der Waals surface area contributed by atoms with Gasteiger partial charge >= 0.3 is 5.97 Å². The van der Waals surface area contributed by atoms with Crippen LogP contribution in [0.25, 0.3) is 6.08 Å². The average Bonchev–Trinajstić information content (AvgIpc) is 2.56. The molecule has 1 aromatic rings. The Morgan fingerprint density at radius 2 is 2.62 bits per heavy atom. The Balaban J connectivity index is 3.00. The number of aromatic nitrogens is 1. The van der Waals surface area contributed by atoms with Crippen molar-refractivity contribution in [3.8, 4) is 0 Å². The van der Waals surface area contributed by atoms with Crippen LogP contribution in [-0.2, 0) is 4.79 Å². The first-order valence-electron chi connectivity index (χ1n) is 3.15. The minimum absolute atomic E-state index is 0.278. The van der Waals surface area contributed by atoms with Crippen LogP contribution >= 0.6 is 11.3 Å². The Morgan fingerprint density at radius 3 is 3.08 bits per heavy atom. The molecule has 66 valence electrons. The van der Waals surface area contributed by atoms with Gasteiger partial charge in [-0.3, -0.25) is 4.98 Å². The predicted molar refractivity (Wildman–Crippen MR) is 45.0 cm³/mol. The standard InChI is InChI=1S/C6H4N4O2S/c7-10-9-5(6(11)12)1-4-2-8-3-13-4/h1-3,7H/p+1. The molecule has 1 rings (SSSR count). The largest absolute Gasteiger partial charge is 0.476 e. The Hall–Kier alpha value is -1.85. The van der Waals surface area contributed by atoms with Crippen LogP contribution in [0.1, 0.15) is 4.88 Å². The van der Waals surface area contributed by atoms with Gasteiger partial charge in [0.05, 0.1) is 5.51 Å². The lowest BCUT2D eigenvalue weighted by atomic mass is 10.4. The van der Waals surface area contributed by atoms with Crippen molar-refractivity contribution < 1.29 is 9.90 Å². The van der Waals surface area contributed by atoms with Crippen molar-refractivity contribution in [3.05, 3.63) is 22.3 Å². The number of nitrogens with zero attached hydrogens (tertiary/aromatic N) is 3. The van der Waals surface area contributed by atoms with Crippen LogP contribution in [0.3, 0.4) is 0 Å². The van der Waals surface area contributed by atoms with Crippen LogP contribution in [-0.4, -0.2) is 16.1 Å². The first-order chi connectivity index (χ1) is 6.24. The minimum Gasteiger partial charge on any atom is -0.476 e. The summed E-state index contributed by atoms with van der Waals surface area (Å²) in [6.45, 7) is 0. The highest BCUT2D eigenvalue weighted by atomic mass is 32.1. The molecular weight excluding hydrogens is 192 g/mol. The fourth-order valence-electron chi connectivity index (χ4n) is 0.619. The highest BCUT2D eigenvalue weighted by molar-refractivity contribution is 7.10. The van der Waals surface area contributed by atoms with Crippen molar-refractivity contribution in [1.82, 2.24) is 9.90 Å². The number of aliphatic carboxylic acids is 1. The molecule has 6 nitrogen and oxygen atoms in total. The number of thiazole rings is 1. The SMILES string of the molecule is N=[N+]=NC(=Cc1cncs1)C(=O)O. The van der Waals surface area contributed by atoms with E-state index in [9.17, 15) is 4.79 Å². The van der Waals surface area contributed by atoms with Crippen LogP contribution in [0.15, 0.2) is 22.5 Å². The summed E-state index contributed by atoms with van der Waals surface area (Å²) in [5.41, 5.74) is 7.69. The first kappa shape index (κ1) is 9.24. The van der Waals surface area contributed by atoms with Crippen LogP contribution in [0, 0.1) is 5.53 Å². The molecule has 13 heavy (non-hydrogen) atoms. The molecule has 0 saturated heterocycles. The normalized spacial score (nSPS) is 10.6. The molecule has 0 aliphatic rings. The van der Waals surface area contributed by atoms with E-state index in [0.29, 0.717) is 4.88 Å². The molecule has 0 saturated carbocycles. The van der Waals surface area contributed by atoms with Crippen LogP contribution in [0.5, 0.6) is 0 Å². The number of carbonyl (C=O) groups is 1. The maximum atomic E-state index is 10.5. The number of carboxylic acid groups (broad SMARTS) is 1. The van der Waals surface area contributed by atoms with Gasteiger partial charge in [0.25, 0.3) is 0 Å². The summed E-state index contributed by atoms with van der Waals surface area (Å²) in [4.78, 5) is 17.6. The molecule has 1 aromatic heterocycles. The first-order valence-corrected chi connectivity index (χ1v) is 4.03. The van der Waals surface area contributed by atoms with E-state index in [1.165, 1.54) is 23.6 Å².